The van der Waals surface area contributed by atoms with Gasteiger partial charge in [0.1, 0.15) is 17.7 Å². The van der Waals surface area contributed by atoms with Crippen molar-refractivity contribution in [1.29, 1.82) is 5.26 Å². The van der Waals surface area contributed by atoms with E-state index < -0.39 is 0 Å². The van der Waals surface area contributed by atoms with Gasteiger partial charge in [-0.2, -0.15) is 5.26 Å². The SMILES string of the molecule is COc1cc(C=Nc2sc3c(c2C#N)CC[C@@H](C(C)(C)C)C3)cc(I)c1OCc1ccc(C)cc1. The fraction of sp³-hybridized carbons (Fsp3) is 0.379. The molecule has 0 fully saturated rings. The molecule has 1 aromatic heterocycles. The number of nitrogens with zero attached hydrogens (tertiary/aromatic N) is 2. The van der Waals surface area contributed by atoms with Crippen LogP contribution >= 0.6 is 33.9 Å². The zero-order valence-electron chi connectivity index (χ0n) is 20.9. The summed E-state index contributed by atoms with van der Waals surface area (Å²) < 4.78 is 12.7. The summed E-state index contributed by atoms with van der Waals surface area (Å²) in [6.45, 7) is 9.48. The number of hydrogen-bond donors (Lipinski definition) is 0. The molecular weight excluding hydrogens is 567 g/mol. The Morgan fingerprint density at radius 3 is 2.63 bits per heavy atom. The van der Waals surface area contributed by atoms with E-state index in [0.29, 0.717) is 18.3 Å². The van der Waals surface area contributed by atoms with Crippen LogP contribution in [0.5, 0.6) is 11.5 Å². The second kappa shape index (κ2) is 10.7. The summed E-state index contributed by atoms with van der Waals surface area (Å²) in [6, 6.07) is 14.7. The minimum absolute atomic E-state index is 0.272. The standard InChI is InChI=1S/C29H31IN2O2S/c1-18-6-8-19(9-7-18)17-34-27-24(30)12-20(13-25(27)33-5)16-32-28-23(15-31)22-11-10-21(29(2,3)4)14-26(22)35-28/h6-9,12-13,16,21H,10-11,14,17H2,1-5H3/t21-/m1/s1. The van der Waals surface area contributed by atoms with Crippen LogP contribution in [0.4, 0.5) is 5.00 Å². The Morgan fingerprint density at radius 2 is 1.97 bits per heavy atom. The number of ether oxygens (including phenoxy) is 2. The van der Waals surface area contributed by atoms with Crippen molar-refractivity contribution in [3.8, 4) is 17.6 Å². The monoisotopic (exact) mass is 598 g/mol. The molecule has 182 valence electrons. The lowest BCUT2D eigenvalue weighted by atomic mass is 9.72. The molecule has 0 saturated carbocycles. The molecule has 6 heteroatoms. The summed E-state index contributed by atoms with van der Waals surface area (Å²) in [7, 11) is 1.65. The van der Waals surface area contributed by atoms with Gasteiger partial charge < -0.3 is 9.47 Å². The first-order valence-corrected chi connectivity index (χ1v) is 13.7. The van der Waals surface area contributed by atoms with E-state index in [9.17, 15) is 5.26 Å². The molecule has 0 aliphatic heterocycles. The van der Waals surface area contributed by atoms with Gasteiger partial charge in [0, 0.05) is 11.1 Å². The number of fused-ring (bicyclic) bond motifs is 1. The predicted octanol–water partition coefficient (Wildman–Crippen LogP) is 8.02. The normalized spacial score (nSPS) is 15.6. The Labute approximate surface area is 226 Å². The molecule has 1 atom stereocenters. The van der Waals surface area contributed by atoms with Gasteiger partial charge >= 0.3 is 0 Å². The van der Waals surface area contributed by atoms with Gasteiger partial charge in [-0.05, 0) is 88.9 Å². The van der Waals surface area contributed by atoms with Crippen molar-refractivity contribution in [3.63, 3.8) is 0 Å². The van der Waals surface area contributed by atoms with Crippen molar-refractivity contribution in [3.05, 3.63) is 72.7 Å². The predicted molar refractivity (Wildman–Crippen MR) is 152 cm³/mol. The van der Waals surface area contributed by atoms with Crippen molar-refractivity contribution in [2.24, 2.45) is 16.3 Å². The molecule has 0 saturated heterocycles. The van der Waals surface area contributed by atoms with Crippen LogP contribution in [0.1, 0.15) is 59.9 Å². The van der Waals surface area contributed by atoms with E-state index in [1.54, 1.807) is 18.4 Å². The number of aryl methyl sites for hydroxylation is 1. The summed E-state index contributed by atoms with van der Waals surface area (Å²) in [5.74, 6) is 2.03. The Morgan fingerprint density at radius 1 is 1.23 bits per heavy atom. The van der Waals surface area contributed by atoms with Gasteiger partial charge in [0.25, 0.3) is 0 Å². The van der Waals surface area contributed by atoms with Crippen LogP contribution in [0.3, 0.4) is 0 Å². The zero-order chi connectivity index (χ0) is 25.2. The van der Waals surface area contributed by atoms with Crippen LogP contribution in [0.25, 0.3) is 0 Å². The Kier molecular flexibility index (Phi) is 7.87. The summed E-state index contributed by atoms with van der Waals surface area (Å²) in [4.78, 5) is 6.08. The topological polar surface area (TPSA) is 54.6 Å². The highest BCUT2D eigenvalue weighted by Gasteiger charge is 2.32. The molecule has 1 heterocycles. The minimum atomic E-state index is 0.272. The molecular formula is C29H31IN2O2S. The third-order valence-corrected chi connectivity index (χ3v) is 8.63. The molecule has 0 spiro atoms. The quantitative estimate of drug-likeness (QED) is 0.213. The lowest BCUT2D eigenvalue weighted by molar-refractivity contribution is 0.218. The van der Waals surface area contributed by atoms with E-state index in [-0.39, 0.29) is 5.41 Å². The minimum Gasteiger partial charge on any atom is -0.493 e. The number of methoxy groups -OCH3 is 1. The molecule has 0 amide bonds. The number of thiophene rings is 1. The van der Waals surface area contributed by atoms with Crippen molar-refractivity contribution in [2.45, 2.75) is 53.6 Å². The average Bonchev–Trinajstić information content (AvgIpc) is 3.19. The largest absolute Gasteiger partial charge is 0.493 e. The summed E-state index contributed by atoms with van der Waals surface area (Å²) in [5, 5.41) is 10.7. The lowest BCUT2D eigenvalue weighted by Crippen LogP contribution is -2.26. The van der Waals surface area contributed by atoms with Gasteiger partial charge in [0.2, 0.25) is 0 Å². The Bertz CT molecular complexity index is 1280. The molecule has 0 N–H and O–H groups in total. The van der Waals surface area contributed by atoms with Gasteiger partial charge in [0.15, 0.2) is 11.5 Å². The molecule has 0 radical (unpaired) electrons. The van der Waals surface area contributed by atoms with Crippen LogP contribution in [0.15, 0.2) is 41.4 Å². The molecule has 35 heavy (non-hydrogen) atoms. The zero-order valence-corrected chi connectivity index (χ0v) is 23.9. The number of nitriles is 1. The first-order valence-electron chi connectivity index (χ1n) is 11.8. The third-order valence-electron chi connectivity index (χ3n) is 6.67. The van der Waals surface area contributed by atoms with Gasteiger partial charge in [-0.25, -0.2) is 4.99 Å². The second-order valence-electron chi connectivity index (χ2n) is 10.2. The van der Waals surface area contributed by atoms with E-state index >= 15 is 0 Å². The molecule has 0 unspecified atom stereocenters. The Hall–Kier alpha value is -2.37. The fourth-order valence-electron chi connectivity index (χ4n) is 4.44. The van der Waals surface area contributed by atoms with E-state index in [2.05, 4.69) is 80.6 Å². The number of benzene rings is 2. The van der Waals surface area contributed by atoms with Crippen LogP contribution in [0, 0.1) is 33.2 Å². The molecule has 4 nitrogen and oxygen atoms in total. The van der Waals surface area contributed by atoms with Crippen molar-refractivity contribution in [2.75, 3.05) is 7.11 Å². The van der Waals surface area contributed by atoms with Gasteiger partial charge in [-0.1, -0.05) is 50.6 Å². The number of halogens is 1. The van der Waals surface area contributed by atoms with Crippen molar-refractivity contribution < 1.29 is 9.47 Å². The number of aliphatic imine (C=N–C) groups is 1. The summed E-state index contributed by atoms with van der Waals surface area (Å²) in [6.07, 6.45) is 4.95. The van der Waals surface area contributed by atoms with Crippen LogP contribution in [-0.2, 0) is 19.4 Å². The highest BCUT2D eigenvalue weighted by Crippen LogP contribution is 2.45. The van der Waals surface area contributed by atoms with Crippen LogP contribution in [0.2, 0.25) is 0 Å². The maximum Gasteiger partial charge on any atom is 0.174 e. The third kappa shape index (κ3) is 5.90. The molecule has 1 aliphatic carbocycles. The maximum absolute atomic E-state index is 9.86. The van der Waals surface area contributed by atoms with Crippen molar-refractivity contribution >= 4 is 45.1 Å². The van der Waals surface area contributed by atoms with Crippen LogP contribution < -0.4 is 9.47 Å². The van der Waals surface area contributed by atoms with E-state index in [1.807, 2.05) is 18.3 Å². The van der Waals surface area contributed by atoms with Crippen molar-refractivity contribution in [1.82, 2.24) is 0 Å². The first-order chi connectivity index (χ1) is 16.7. The lowest BCUT2D eigenvalue weighted by Gasteiger charge is -2.33. The summed E-state index contributed by atoms with van der Waals surface area (Å²) >= 11 is 3.95. The first kappa shape index (κ1) is 25.7. The van der Waals surface area contributed by atoms with Gasteiger partial charge in [0.05, 0.1) is 16.2 Å². The van der Waals surface area contributed by atoms with Crippen LogP contribution in [-0.4, -0.2) is 13.3 Å². The second-order valence-corrected chi connectivity index (χ2v) is 12.4. The van der Waals surface area contributed by atoms with E-state index in [4.69, 9.17) is 14.5 Å². The number of hydrogen-bond acceptors (Lipinski definition) is 5. The van der Waals surface area contributed by atoms with E-state index in [1.165, 1.54) is 16.0 Å². The highest BCUT2D eigenvalue weighted by atomic mass is 127. The fourth-order valence-corrected chi connectivity index (χ4v) is 6.45. The molecule has 0 bridgehead atoms. The average molecular weight is 599 g/mol. The smallest absolute Gasteiger partial charge is 0.174 e. The molecule has 1 aliphatic rings. The van der Waals surface area contributed by atoms with Gasteiger partial charge in [-0.15, -0.1) is 11.3 Å². The molecule has 3 aromatic rings. The number of rotatable bonds is 6. The maximum atomic E-state index is 9.86. The molecule has 2 aromatic carbocycles. The summed E-state index contributed by atoms with van der Waals surface area (Å²) in [5.41, 5.74) is 5.47. The van der Waals surface area contributed by atoms with Gasteiger partial charge in [-0.3, -0.25) is 0 Å². The van der Waals surface area contributed by atoms with E-state index in [0.717, 1.165) is 50.3 Å². The Balaban J connectivity index is 1.55. The molecule has 4 rings (SSSR count). The highest BCUT2D eigenvalue weighted by molar-refractivity contribution is 14.1.